The predicted octanol–water partition coefficient (Wildman–Crippen LogP) is 4.30. The second-order valence-corrected chi connectivity index (χ2v) is 9.37. The lowest BCUT2D eigenvalue weighted by molar-refractivity contribution is 0.603. The number of thiophene rings is 1. The SMILES string of the molecule is CN(C)c1cccc(Nc2nc3ccccc3nc2NS(=O)(=O)c2cccs2)c1. The fourth-order valence-electron chi connectivity index (χ4n) is 2.75. The number of sulfonamides is 1. The zero-order valence-electron chi connectivity index (χ0n) is 15.8. The van der Waals surface area contributed by atoms with Crippen LogP contribution < -0.4 is 14.9 Å². The van der Waals surface area contributed by atoms with Crippen LogP contribution in [0.3, 0.4) is 0 Å². The van der Waals surface area contributed by atoms with Crippen molar-refractivity contribution in [2.75, 3.05) is 29.0 Å². The number of rotatable bonds is 6. The summed E-state index contributed by atoms with van der Waals surface area (Å²) < 4.78 is 28.3. The predicted molar refractivity (Wildman–Crippen MR) is 119 cm³/mol. The number of aromatic nitrogens is 2. The van der Waals surface area contributed by atoms with Crippen LogP contribution in [0.4, 0.5) is 23.0 Å². The minimum absolute atomic E-state index is 0.146. The minimum atomic E-state index is -3.76. The smallest absolute Gasteiger partial charge is 0.272 e. The lowest BCUT2D eigenvalue weighted by atomic mass is 10.2. The van der Waals surface area contributed by atoms with E-state index in [4.69, 9.17) is 0 Å². The molecular formula is C20H19N5O2S2. The van der Waals surface area contributed by atoms with E-state index < -0.39 is 10.0 Å². The summed E-state index contributed by atoms with van der Waals surface area (Å²) in [6, 6.07) is 18.3. The summed E-state index contributed by atoms with van der Waals surface area (Å²) >= 11 is 1.14. The van der Waals surface area contributed by atoms with Crippen molar-refractivity contribution in [3.63, 3.8) is 0 Å². The Bertz CT molecular complexity index is 1260. The summed E-state index contributed by atoms with van der Waals surface area (Å²) in [7, 11) is 0.151. The maximum absolute atomic E-state index is 12.7. The van der Waals surface area contributed by atoms with E-state index >= 15 is 0 Å². The standard InChI is InChI=1S/C20H19N5O2S2/c1-25(2)15-8-5-7-14(13-15)21-19-20(23-17-10-4-3-9-16(17)22-19)24-29(26,27)18-11-6-12-28-18/h3-13H,1-2H3,(H,21,22)(H,23,24). The van der Waals surface area contributed by atoms with Crippen molar-refractivity contribution in [3.05, 3.63) is 66.0 Å². The van der Waals surface area contributed by atoms with Gasteiger partial charge in [0.15, 0.2) is 11.6 Å². The van der Waals surface area contributed by atoms with Gasteiger partial charge in [0, 0.05) is 25.5 Å². The number of hydrogen-bond donors (Lipinski definition) is 2. The van der Waals surface area contributed by atoms with E-state index in [2.05, 4.69) is 20.0 Å². The zero-order chi connectivity index (χ0) is 20.4. The molecule has 0 aliphatic carbocycles. The molecule has 2 heterocycles. The highest BCUT2D eigenvalue weighted by molar-refractivity contribution is 7.94. The summed E-state index contributed by atoms with van der Waals surface area (Å²) in [5.74, 6) is 0.479. The van der Waals surface area contributed by atoms with Crippen LogP contribution in [0.2, 0.25) is 0 Å². The Hall–Kier alpha value is -3.17. The molecule has 7 nitrogen and oxygen atoms in total. The highest BCUT2D eigenvalue weighted by Crippen LogP contribution is 2.29. The Kier molecular flexibility index (Phi) is 5.08. The van der Waals surface area contributed by atoms with Gasteiger partial charge in [-0.15, -0.1) is 11.3 Å². The normalized spacial score (nSPS) is 11.4. The lowest BCUT2D eigenvalue weighted by Crippen LogP contribution is -2.15. The van der Waals surface area contributed by atoms with Crippen LogP contribution in [-0.2, 0) is 10.0 Å². The molecule has 0 aliphatic heterocycles. The molecule has 2 aromatic carbocycles. The molecule has 29 heavy (non-hydrogen) atoms. The van der Waals surface area contributed by atoms with Gasteiger partial charge >= 0.3 is 0 Å². The van der Waals surface area contributed by atoms with Crippen molar-refractivity contribution in [2.45, 2.75) is 4.21 Å². The van der Waals surface area contributed by atoms with E-state index in [1.165, 1.54) is 0 Å². The molecule has 0 bridgehead atoms. The molecular weight excluding hydrogens is 406 g/mol. The van der Waals surface area contributed by atoms with Gasteiger partial charge in [-0.3, -0.25) is 4.72 Å². The maximum atomic E-state index is 12.7. The fraction of sp³-hybridized carbons (Fsp3) is 0.100. The highest BCUT2D eigenvalue weighted by Gasteiger charge is 2.20. The molecule has 4 rings (SSSR count). The molecule has 2 N–H and O–H groups in total. The van der Waals surface area contributed by atoms with Gasteiger partial charge in [-0.05, 0) is 41.8 Å². The van der Waals surface area contributed by atoms with Crippen LogP contribution in [0.5, 0.6) is 0 Å². The van der Waals surface area contributed by atoms with Crippen molar-refractivity contribution in [1.29, 1.82) is 0 Å². The first kappa shape index (κ1) is 19.2. The Morgan fingerprint density at radius 3 is 2.28 bits per heavy atom. The van der Waals surface area contributed by atoms with E-state index in [-0.39, 0.29) is 10.0 Å². The minimum Gasteiger partial charge on any atom is -0.378 e. The average Bonchev–Trinajstić information content (AvgIpc) is 3.24. The topological polar surface area (TPSA) is 87.2 Å². The third kappa shape index (κ3) is 4.15. The molecule has 0 radical (unpaired) electrons. The van der Waals surface area contributed by atoms with Crippen LogP contribution in [0, 0.1) is 0 Å². The molecule has 0 saturated heterocycles. The molecule has 2 aromatic heterocycles. The molecule has 0 aliphatic rings. The second-order valence-electron chi connectivity index (χ2n) is 6.52. The number of hydrogen-bond acceptors (Lipinski definition) is 7. The first-order valence-electron chi connectivity index (χ1n) is 8.80. The van der Waals surface area contributed by atoms with Gasteiger partial charge in [0.2, 0.25) is 0 Å². The molecule has 0 saturated carbocycles. The van der Waals surface area contributed by atoms with Crippen LogP contribution in [0.15, 0.2) is 70.3 Å². The van der Waals surface area contributed by atoms with Crippen molar-refractivity contribution in [1.82, 2.24) is 9.97 Å². The van der Waals surface area contributed by atoms with Gasteiger partial charge in [0.1, 0.15) is 4.21 Å². The van der Waals surface area contributed by atoms with Crippen LogP contribution in [0.1, 0.15) is 0 Å². The Labute approximate surface area is 173 Å². The van der Waals surface area contributed by atoms with Gasteiger partial charge in [-0.25, -0.2) is 18.4 Å². The monoisotopic (exact) mass is 425 g/mol. The average molecular weight is 426 g/mol. The molecule has 0 atom stereocenters. The fourth-order valence-corrected chi connectivity index (χ4v) is 4.75. The Morgan fingerprint density at radius 2 is 1.62 bits per heavy atom. The van der Waals surface area contributed by atoms with E-state index in [1.54, 1.807) is 23.6 Å². The summed E-state index contributed by atoms with van der Waals surface area (Å²) in [6.45, 7) is 0. The number of benzene rings is 2. The quantitative estimate of drug-likeness (QED) is 0.479. The van der Waals surface area contributed by atoms with E-state index in [9.17, 15) is 8.42 Å². The third-order valence-corrected chi connectivity index (χ3v) is 6.92. The van der Waals surface area contributed by atoms with Crippen molar-refractivity contribution < 1.29 is 8.42 Å². The van der Waals surface area contributed by atoms with E-state index in [0.717, 1.165) is 22.7 Å². The zero-order valence-corrected chi connectivity index (χ0v) is 17.5. The number of fused-ring (bicyclic) bond motifs is 1. The first-order valence-corrected chi connectivity index (χ1v) is 11.2. The summed E-state index contributed by atoms with van der Waals surface area (Å²) in [5, 5.41) is 4.92. The largest absolute Gasteiger partial charge is 0.378 e. The number of anilines is 4. The molecule has 0 fully saturated rings. The van der Waals surface area contributed by atoms with E-state index in [1.807, 2.05) is 61.5 Å². The van der Waals surface area contributed by atoms with Crippen molar-refractivity contribution in [3.8, 4) is 0 Å². The van der Waals surface area contributed by atoms with Gasteiger partial charge in [0.05, 0.1) is 11.0 Å². The van der Waals surface area contributed by atoms with Crippen molar-refractivity contribution in [2.24, 2.45) is 0 Å². The Morgan fingerprint density at radius 1 is 0.897 bits per heavy atom. The van der Waals surface area contributed by atoms with Crippen molar-refractivity contribution >= 4 is 55.4 Å². The lowest BCUT2D eigenvalue weighted by Gasteiger charge is -2.16. The maximum Gasteiger partial charge on any atom is 0.272 e. The van der Waals surface area contributed by atoms with Crippen LogP contribution in [-0.4, -0.2) is 32.5 Å². The molecule has 0 spiro atoms. The van der Waals surface area contributed by atoms with Crippen LogP contribution >= 0.6 is 11.3 Å². The molecule has 148 valence electrons. The summed E-state index contributed by atoms with van der Waals surface area (Å²) in [6.07, 6.45) is 0. The first-order chi connectivity index (χ1) is 13.9. The number of para-hydroxylation sites is 2. The summed E-state index contributed by atoms with van der Waals surface area (Å²) in [5.41, 5.74) is 3.05. The molecule has 0 unspecified atom stereocenters. The Balaban J connectivity index is 1.77. The van der Waals surface area contributed by atoms with Gasteiger partial charge in [0.25, 0.3) is 10.0 Å². The molecule has 9 heteroatoms. The van der Waals surface area contributed by atoms with Gasteiger partial charge < -0.3 is 10.2 Å². The number of nitrogens with one attached hydrogen (secondary N) is 2. The molecule has 0 amide bonds. The summed E-state index contributed by atoms with van der Waals surface area (Å²) in [4.78, 5) is 11.1. The van der Waals surface area contributed by atoms with Gasteiger partial charge in [-0.2, -0.15) is 0 Å². The molecule has 4 aromatic rings. The highest BCUT2D eigenvalue weighted by atomic mass is 32.2. The second kappa shape index (κ2) is 7.69. The third-order valence-electron chi connectivity index (χ3n) is 4.19. The van der Waals surface area contributed by atoms with E-state index in [0.29, 0.717) is 16.9 Å². The number of nitrogens with zero attached hydrogens (tertiary/aromatic N) is 3. The van der Waals surface area contributed by atoms with Gasteiger partial charge in [-0.1, -0.05) is 24.3 Å². The van der Waals surface area contributed by atoms with Crippen LogP contribution in [0.25, 0.3) is 11.0 Å².